The van der Waals surface area contributed by atoms with E-state index in [1.807, 2.05) is 6.07 Å². The number of hydrogen-bond donors (Lipinski definition) is 0. The maximum absolute atomic E-state index is 12.2. The quantitative estimate of drug-likeness (QED) is 0.598. The van der Waals surface area contributed by atoms with E-state index in [1.54, 1.807) is 39.8 Å². The Kier molecular flexibility index (Phi) is 6.25. The highest BCUT2D eigenvalue weighted by molar-refractivity contribution is 6.30. The van der Waals surface area contributed by atoms with E-state index in [0.717, 1.165) is 5.56 Å². The Morgan fingerprint density at radius 1 is 1.36 bits per heavy atom. The summed E-state index contributed by atoms with van der Waals surface area (Å²) in [6.45, 7) is 7.81. The second-order valence-corrected chi connectivity index (χ2v) is 7.12. The van der Waals surface area contributed by atoms with Gasteiger partial charge in [0.2, 0.25) is 0 Å². The van der Waals surface area contributed by atoms with E-state index in [0.29, 0.717) is 29.2 Å². The molecular weight excluding hydrogens is 344 g/mol. The Morgan fingerprint density at radius 2 is 2.08 bits per heavy atom. The van der Waals surface area contributed by atoms with Gasteiger partial charge in [0.1, 0.15) is 5.60 Å². The summed E-state index contributed by atoms with van der Waals surface area (Å²) in [6.07, 6.45) is 2.74. The number of ether oxygens (including phenoxy) is 3. The van der Waals surface area contributed by atoms with Gasteiger partial charge in [0, 0.05) is 16.7 Å². The van der Waals surface area contributed by atoms with Gasteiger partial charge in [-0.25, -0.2) is 9.59 Å². The fourth-order valence-electron chi connectivity index (χ4n) is 2.63. The number of rotatable bonds is 4. The van der Waals surface area contributed by atoms with Crippen molar-refractivity contribution in [3.63, 3.8) is 0 Å². The smallest absolute Gasteiger partial charge is 0.339 e. The second kappa shape index (κ2) is 8.02. The minimum atomic E-state index is -0.820. The third-order valence-electron chi connectivity index (χ3n) is 3.49. The Hall–Kier alpha value is -1.85. The van der Waals surface area contributed by atoms with Gasteiger partial charge in [-0.3, -0.25) is 0 Å². The van der Waals surface area contributed by atoms with E-state index in [2.05, 4.69) is 0 Å². The van der Waals surface area contributed by atoms with Crippen LogP contribution < -0.4 is 0 Å². The van der Waals surface area contributed by atoms with E-state index in [-0.39, 0.29) is 6.61 Å². The summed E-state index contributed by atoms with van der Waals surface area (Å²) in [5.74, 6) is -0.914. The average Bonchev–Trinajstić information content (AvgIpc) is 2.50. The summed E-state index contributed by atoms with van der Waals surface area (Å²) in [6, 6.07) is 3.51. The Morgan fingerprint density at radius 3 is 2.72 bits per heavy atom. The van der Waals surface area contributed by atoms with Gasteiger partial charge in [0.05, 0.1) is 13.2 Å². The highest BCUT2D eigenvalue weighted by atomic mass is 35.5. The maximum Gasteiger partial charge on any atom is 0.339 e. The SMILES string of the molecule is CCOC(=O)C1OCCc2cc(Cl)cc(/C=C\C(=O)OC(C)(C)C)c21. The lowest BCUT2D eigenvalue weighted by atomic mass is 9.92. The molecule has 1 aliphatic rings. The predicted molar refractivity (Wildman–Crippen MR) is 95.4 cm³/mol. The van der Waals surface area contributed by atoms with Crippen LogP contribution in [0, 0.1) is 0 Å². The molecule has 0 aromatic heterocycles. The van der Waals surface area contributed by atoms with Crippen LogP contribution in [-0.4, -0.2) is 30.8 Å². The van der Waals surface area contributed by atoms with Crippen LogP contribution in [0.3, 0.4) is 0 Å². The number of fused-ring (bicyclic) bond motifs is 1. The van der Waals surface area contributed by atoms with Gasteiger partial charge in [0.25, 0.3) is 0 Å². The molecule has 1 unspecified atom stereocenters. The lowest BCUT2D eigenvalue weighted by Crippen LogP contribution is -2.26. The van der Waals surface area contributed by atoms with Gasteiger partial charge < -0.3 is 14.2 Å². The number of benzene rings is 1. The van der Waals surface area contributed by atoms with Gasteiger partial charge in [-0.2, -0.15) is 0 Å². The van der Waals surface area contributed by atoms with E-state index < -0.39 is 23.6 Å². The number of carbonyl (C=O) groups excluding carboxylic acids is 2. The first-order chi connectivity index (χ1) is 11.7. The minimum absolute atomic E-state index is 0.269. The second-order valence-electron chi connectivity index (χ2n) is 6.69. The van der Waals surface area contributed by atoms with Gasteiger partial charge in [-0.05, 0) is 63.5 Å². The van der Waals surface area contributed by atoms with Crippen molar-refractivity contribution < 1.29 is 23.8 Å². The molecule has 5 nitrogen and oxygen atoms in total. The summed E-state index contributed by atoms with van der Waals surface area (Å²) in [5.41, 5.74) is 1.67. The van der Waals surface area contributed by atoms with Crippen LogP contribution in [0.2, 0.25) is 5.02 Å². The first-order valence-corrected chi connectivity index (χ1v) is 8.60. The molecule has 1 aromatic carbocycles. The lowest BCUT2D eigenvalue weighted by Gasteiger charge is -2.26. The standard InChI is InChI=1S/C19H23ClO5/c1-5-23-18(22)17-16-12(6-7-15(21)25-19(2,3)4)10-14(20)11-13(16)8-9-24-17/h6-7,10-11,17H,5,8-9H2,1-4H3/b7-6-. The molecule has 0 N–H and O–H groups in total. The van der Waals surface area contributed by atoms with E-state index in [1.165, 1.54) is 6.08 Å². The van der Waals surface area contributed by atoms with Crippen LogP contribution in [0.15, 0.2) is 18.2 Å². The summed E-state index contributed by atoms with van der Waals surface area (Å²) < 4.78 is 16.0. The third kappa shape index (κ3) is 5.31. The predicted octanol–water partition coefficient (Wildman–Crippen LogP) is 3.87. The van der Waals surface area contributed by atoms with Crippen molar-refractivity contribution in [1.29, 1.82) is 0 Å². The van der Waals surface area contributed by atoms with Crippen LogP contribution in [0.25, 0.3) is 6.08 Å². The third-order valence-corrected chi connectivity index (χ3v) is 3.71. The van der Waals surface area contributed by atoms with Crippen molar-refractivity contribution in [2.24, 2.45) is 0 Å². The zero-order valence-electron chi connectivity index (χ0n) is 14.9. The molecule has 1 aromatic rings. The monoisotopic (exact) mass is 366 g/mol. The molecule has 0 radical (unpaired) electrons. The molecule has 1 aliphatic heterocycles. The Balaban J connectivity index is 2.37. The molecule has 0 amide bonds. The van der Waals surface area contributed by atoms with E-state index in [4.69, 9.17) is 25.8 Å². The molecule has 25 heavy (non-hydrogen) atoms. The zero-order chi connectivity index (χ0) is 18.6. The average molecular weight is 367 g/mol. The highest BCUT2D eigenvalue weighted by Crippen LogP contribution is 2.34. The van der Waals surface area contributed by atoms with E-state index in [9.17, 15) is 9.59 Å². The number of esters is 2. The maximum atomic E-state index is 12.2. The van der Waals surface area contributed by atoms with E-state index >= 15 is 0 Å². The van der Waals surface area contributed by atoms with Crippen LogP contribution in [0.5, 0.6) is 0 Å². The van der Waals surface area contributed by atoms with Crippen molar-refractivity contribution >= 4 is 29.6 Å². The molecular formula is C19H23ClO5. The zero-order valence-corrected chi connectivity index (χ0v) is 15.7. The van der Waals surface area contributed by atoms with Crippen molar-refractivity contribution in [3.8, 4) is 0 Å². The molecule has 0 saturated carbocycles. The summed E-state index contributed by atoms with van der Waals surface area (Å²) >= 11 is 6.18. The van der Waals surface area contributed by atoms with Crippen molar-refractivity contribution in [1.82, 2.24) is 0 Å². The van der Waals surface area contributed by atoms with Crippen molar-refractivity contribution in [2.45, 2.75) is 45.8 Å². The Bertz CT molecular complexity index is 688. The molecule has 1 heterocycles. The fourth-order valence-corrected chi connectivity index (χ4v) is 2.88. The van der Waals surface area contributed by atoms with Gasteiger partial charge >= 0.3 is 11.9 Å². The Labute approximate surface area is 152 Å². The molecule has 2 rings (SSSR count). The molecule has 136 valence electrons. The molecule has 0 fully saturated rings. The summed E-state index contributed by atoms with van der Waals surface area (Å²) in [7, 11) is 0. The number of halogens is 1. The largest absolute Gasteiger partial charge is 0.464 e. The van der Waals surface area contributed by atoms with Crippen LogP contribution in [-0.2, 0) is 30.2 Å². The first-order valence-electron chi connectivity index (χ1n) is 8.23. The summed E-state index contributed by atoms with van der Waals surface area (Å²) in [5, 5.41) is 0.534. The van der Waals surface area contributed by atoms with Gasteiger partial charge in [0.15, 0.2) is 6.10 Å². The van der Waals surface area contributed by atoms with Crippen LogP contribution >= 0.6 is 11.6 Å². The molecule has 0 saturated heterocycles. The topological polar surface area (TPSA) is 61.8 Å². The molecule has 0 bridgehead atoms. The number of hydrogen-bond acceptors (Lipinski definition) is 5. The highest BCUT2D eigenvalue weighted by Gasteiger charge is 2.31. The molecule has 0 spiro atoms. The van der Waals surface area contributed by atoms with Crippen LogP contribution in [0.4, 0.5) is 0 Å². The van der Waals surface area contributed by atoms with Gasteiger partial charge in [-0.15, -0.1) is 0 Å². The van der Waals surface area contributed by atoms with Crippen molar-refractivity contribution in [2.75, 3.05) is 13.2 Å². The number of carbonyl (C=O) groups is 2. The van der Waals surface area contributed by atoms with Crippen LogP contribution in [0.1, 0.15) is 50.5 Å². The normalized spacial score (nSPS) is 17.2. The lowest BCUT2D eigenvalue weighted by molar-refractivity contribution is -0.158. The summed E-state index contributed by atoms with van der Waals surface area (Å²) in [4.78, 5) is 24.2. The van der Waals surface area contributed by atoms with Crippen molar-refractivity contribution in [3.05, 3.63) is 39.9 Å². The minimum Gasteiger partial charge on any atom is -0.464 e. The first kappa shape index (κ1) is 19.5. The fraction of sp³-hybridized carbons (Fsp3) is 0.474. The molecule has 1 atom stereocenters. The van der Waals surface area contributed by atoms with Gasteiger partial charge in [-0.1, -0.05) is 11.6 Å². The molecule has 0 aliphatic carbocycles. The molecule has 6 heteroatoms.